The molecule has 1 aromatic heterocycles. The quantitative estimate of drug-likeness (QED) is 0.833. The van der Waals surface area contributed by atoms with Crippen molar-refractivity contribution < 1.29 is 13.2 Å². The van der Waals surface area contributed by atoms with Crippen LogP contribution in [-0.4, -0.2) is 11.5 Å². The molecule has 0 saturated heterocycles. The van der Waals surface area contributed by atoms with E-state index in [1.54, 1.807) is 18.3 Å². The Labute approximate surface area is 122 Å². The normalized spacial score (nSPS) is 11.6. The summed E-state index contributed by atoms with van der Waals surface area (Å²) in [4.78, 5) is 4.06. The molecule has 2 nitrogen and oxygen atoms in total. The smallest absolute Gasteiger partial charge is 0.313 e. The molecule has 5 heteroatoms. The molecular formula is C16H17F3N2. The molecule has 0 radical (unpaired) electrons. The van der Waals surface area contributed by atoms with Gasteiger partial charge in [0.05, 0.1) is 5.56 Å². The minimum Gasteiger partial charge on any atom is -0.313 e. The van der Waals surface area contributed by atoms with E-state index in [1.807, 2.05) is 0 Å². The van der Waals surface area contributed by atoms with Gasteiger partial charge in [0.2, 0.25) is 0 Å². The fourth-order valence-electron chi connectivity index (χ4n) is 2.12. The first kappa shape index (κ1) is 15.5. The highest BCUT2D eigenvalue weighted by atomic mass is 19.4. The lowest BCUT2D eigenvalue weighted by molar-refractivity contribution is -0.137. The van der Waals surface area contributed by atoms with Gasteiger partial charge in [-0.15, -0.1) is 0 Å². The third kappa shape index (κ3) is 4.04. The molecule has 2 rings (SSSR count). The Morgan fingerprint density at radius 1 is 1.14 bits per heavy atom. The van der Waals surface area contributed by atoms with Gasteiger partial charge < -0.3 is 5.32 Å². The van der Waals surface area contributed by atoms with Gasteiger partial charge >= 0.3 is 6.18 Å². The number of pyridine rings is 1. The molecular weight excluding hydrogens is 277 g/mol. The minimum atomic E-state index is -4.37. The van der Waals surface area contributed by atoms with Crippen molar-refractivity contribution in [2.24, 2.45) is 0 Å². The Bertz CT molecular complexity index is 594. The van der Waals surface area contributed by atoms with Crippen LogP contribution in [0.15, 0.2) is 42.7 Å². The molecule has 0 unspecified atom stereocenters. The Balaban J connectivity index is 2.32. The topological polar surface area (TPSA) is 24.9 Å². The number of nitrogens with zero attached hydrogens (tertiary/aromatic N) is 1. The van der Waals surface area contributed by atoms with Gasteiger partial charge in [-0.2, -0.15) is 13.2 Å². The van der Waals surface area contributed by atoms with E-state index in [4.69, 9.17) is 0 Å². The van der Waals surface area contributed by atoms with Gasteiger partial charge in [-0.25, -0.2) is 0 Å². The predicted molar refractivity (Wildman–Crippen MR) is 76.7 cm³/mol. The van der Waals surface area contributed by atoms with E-state index in [1.165, 1.54) is 18.3 Å². The summed E-state index contributed by atoms with van der Waals surface area (Å²) in [5.74, 6) is 0. The highest BCUT2D eigenvalue weighted by molar-refractivity contribution is 5.67. The fourth-order valence-corrected chi connectivity index (χ4v) is 2.12. The van der Waals surface area contributed by atoms with Crippen LogP contribution in [0.4, 0.5) is 13.2 Å². The number of aromatic nitrogens is 1. The number of nitrogens with one attached hydrogen (secondary N) is 1. The Morgan fingerprint density at radius 3 is 2.62 bits per heavy atom. The van der Waals surface area contributed by atoms with Crippen molar-refractivity contribution >= 4 is 0 Å². The second-order valence-electron chi connectivity index (χ2n) is 4.80. The number of benzene rings is 1. The molecule has 21 heavy (non-hydrogen) atoms. The molecule has 0 bridgehead atoms. The lowest BCUT2D eigenvalue weighted by Gasteiger charge is -2.13. The molecule has 0 aliphatic carbocycles. The molecule has 0 spiro atoms. The summed E-state index contributed by atoms with van der Waals surface area (Å²) in [5.41, 5.74) is 0.886. The van der Waals surface area contributed by atoms with Crippen LogP contribution in [0.2, 0.25) is 0 Å². The third-order valence-corrected chi connectivity index (χ3v) is 3.09. The van der Waals surface area contributed by atoms with Crippen molar-refractivity contribution in [1.82, 2.24) is 10.3 Å². The molecule has 0 atom stereocenters. The van der Waals surface area contributed by atoms with Crippen molar-refractivity contribution in [3.63, 3.8) is 0 Å². The van der Waals surface area contributed by atoms with Crippen molar-refractivity contribution in [3.05, 3.63) is 53.9 Å². The standard InChI is InChI=1S/C16H17F3N2/c1-2-7-20-9-12-8-13(11-21-10-12)14-5-3-4-6-15(14)16(17,18)19/h3-6,8,10-11,20H,2,7,9H2,1H3. The van der Waals surface area contributed by atoms with Crippen LogP contribution in [0.1, 0.15) is 24.5 Å². The maximum Gasteiger partial charge on any atom is 0.417 e. The largest absolute Gasteiger partial charge is 0.417 e. The molecule has 0 aliphatic rings. The molecule has 0 aliphatic heterocycles. The Kier molecular flexibility index (Phi) is 4.96. The summed E-state index contributed by atoms with van der Waals surface area (Å²) in [6, 6.07) is 7.32. The monoisotopic (exact) mass is 294 g/mol. The van der Waals surface area contributed by atoms with E-state index in [9.17, 15) is 13.2 Å². The van der Waals surface area contributed by atoms with Crippen molar-refractivity contribution in [3.8, 4) is 11.1 Å². The van der Waals surface area contributed by atoms with E-state index in [-0.39, 0.29) is 5.56 Å². The molecule has 1 aromatic carbocycles. The van der Waals surface area contributed by atoms with Gasteiger partial charge in [0.25, 0.3) is 0 Å². The van der Waals surface area contributed by atoms with Gasteiger partial charge in [0.15, 0.2) is 0 Å². The van der Waals surface area contributed by atoms with Crippen LogP contribution in [0.25, 0.3) is 11.1 Å². The van der Waals surface area contributed by atoms with E-state index < -0.39 is 11.7 Å². The van der Waals surface area contributed by atoms with E-state index >= 15 is 0 Å². The molecule has 0 fully saturated rings. The maximum atomic E-state index is 13.1. The molecule has 0 amide bonds. The van der Waals surface area contributed by atoms with Gasteiger partial charge in [-0.3, -0.25) is 4.98 Å². The zero-order chi connectivity index (χ0) is 15.3. The average Bonchev–Trinajstić information content (AvgIpc) is 2.47. The molecule has 2 aromatic rings. The van der Waals surface area contributed by atoms with Crippen LogP contribution >= 0.6 is 0 Å². The third-order valence-electron chi connectivity index (χ3n) is 3.09. The lowest BCUT2D eigenvalue weighted by atomic mass is 10.00. The summed E-state index contributed by atoms with van der Waals surface area (Å²) >= 11 is 0. The summed E-state index contributed by atoms with van der Waals surface area (Å²) in [6.07, 6.45) is -0.229. The fraction of sp³-hybridized carbons (Fsp3) is 0.312. The first-order valence-corrected chi connectivity index (χ1v) is 6.83. The summed E-state index contributed by atoms with van der Waals surface area (Å²) in [6.45, 7) is 3.52. The maximum absolute atomic E-state index is 13.1. The highest BCUT2D eigenvalue weighted by Gasteiger charge is 2.33. The average molecular weight is 294 g/mol. The summed E-state index contributed by atoms with van der Waals surface area (Å²) in [5, 5.41) is 3.21. The second-order valence-corrected chi connectivity index (χ2v) is 4.80. The predicted octanol–water partition coefficient (Wildman–Crippen LogP) is 4.27. The van der Waals surface area contributed by atoms with Crippen LogP contribution in [0.3, 0.4) is 0 Å². The first-order valence-electron chi connectivity index (χ1n) is 6.83. The lowest BCUT2D eigenvalue weighted by Crippen LogP contribution is -2.14. The van der Waals surface area contributed by atoms with E-state index in [0.717, 1.165) is 24.6 Å². The van der Waals surface area contributed by atoms with Crippen LogP contribution < -0.4 is 5.32 Å². The summed E-state index contributed by atoms with van der Waals surface area (Å²) in [7, 11) is 0. The van der Waals surface area contributed by atoms with Crippen LogP contribution in [0.5, 0.6) is 0 Å². The SMILES string of the molecule is CCCNCc1cncc(-c2ccccc2C(F)(F)F)c1. The van der Waals surface area contributed by atoms with E-state index in [0.29, 0.717) is 12.1 Å². The first-order chi connectivity index (χ1) is 10.0. The number of hydrogen-bond donors (Lipinski definition) is 1. The molecule has 1 N–H and O–H groups in total. The van der Waals surface area contributed by atoms with Gasteiger partial charge in [0, 0.05) is 24.5 Å². The number of alkyl halides is 3. The van der Waals surface area contributed by atoms with Crippen LogP contribution in [0, 0.1) is 0 Å². The molecule has 0 saturated carbocycles. The second kappa shape index (κ2) is 6.72. The number of hydrogen-bond acceptors (Lipinski definition) is 2. The highest BCUT2D eigenvalue weighted by Crippen LogP contribution is 2.36. The minimum absolute atomic E-state index is 0.162. The van der Waals surface area contributed by atoms with Crippen molar-refractivity contribution in [2.45, 2.75) is 26.1 Å². The van der Waals surface area contributed by atoms with Gasteiger partial charge in [-0.1, -0.05) is 25.1 Å². The van der Waals surface area contributed by atoms with Gasteiger partial charge in [-0.05, 0) is 36.2 Å². The number of halogens is 3. The zero-order valence-electron chi connectivity index (χ0n) is 11.7. The van der Waals surface area contributed by atoms with Crippen LogP contribution in [-0.2, 0) is 12.7 Å². The van der Waals surface area contributed by atoms with E-state index in [2.05, 4.69) is 17.2 Å². The van der Waals surface area contributed by atoms with Crippen molar-refractivity contribution in [1.29, 1.82) is 0 Å². The Morgan fingerprint density at radius 2 is 1.90 bits per heavy atom. The van der Waals surface area contributed by atoms with Gasteiger partial charge in [0.1, 0.15) is 0 Å². The zero-order valence-corrected chi connectivity index (χ0v) is 11.7. The number of rotatable bonds is 5. The Hall–Kier alpha value is -1.88. The molecule has 112 valence electrons. The van der Waals surface area contributed by atoms with Crippen molar-refractivity contribution in [2.75, 3.05) is 6.54 Å². The molecule has 1 heterocycles. The summed E-state index contributed by atoms with van der Waals surface area (Å²) < 4.78 is 39.2.